The summed E-state index contributed by atoms with van der Waals surface area (Å²) in [5.74, 6) is -0.108. The molecular formula is C17H20F3N3OS. The predicted molar refractivity (Wildman–Crippen MR) is 92.4 cm³/mol. The van der Waals surface area contributed by atoms with Gasteiger partial charge in [0.15, 0.2) is 0 Å². The molecule has 0 radical (unpaired) electrons. The topological polar surface area (TPSA) is 45.2 Å². The fourth-order valence-electron chi connectivity index (χ4n) is 2.17. The molecule has 1 aromatic heterocycles. The molecule has 1 N–H and O–H groups in total. The Morgan fingerprint density at radius 3 is 2.52 bits per heavy atom. The molecule has 1 aromatic carbocycles. The largest absolute Gasteiger partial charge is 0.416 e. The highest BCUT2D eigenvalue weighted by Gasteiger charge is 2.30. The number of amides is 1. The van der Waals surface area contributed by atoms with Crippen LogP contribution in [0.4, 0.5) is 13.2 Å². The molecule has 0 aliphatic carbocycles. The van der Waals surface area contributed by atoms with Crippen LogP contribution in [0.3, 0.4) is 0 Å². The summed E-state index contributed by atoms with van der Waals surface area (Å²) in [4.78, 5) is 18.3. The molecule has 2 rings (SSSR count). The number of nitrogens with one attached hydrogen (secondary N) is 1. The Hall–Kier alpha value is -1.93. The maximum atomic E-state index is 12.6. The standard InChI is InChI=1S/C17H20F3N3OS/c1-23(2)9-3-8-21-15(24)10-14-11-25-16(22-14)12-4-6-13(7-5-12)17(18,19)20/h4-7,11H,3,8-10H2,1-2H3,(H,21,24). The summed E-state index contributed by atoms with van der Waals surface area (Å²) < 4.78 is 37.7. The number of carbonyl (C=O) groups excluding carboxylic acids is 1. The molecule has 25 heavy (non-hydrogen) atoms. The van der Waals surface area contributed by atoms with Gasteiger partial charge in [-0.2, -0.15) is 13.2 Å². The number of hydrogen-bond acceptors (Lipinski definition) is 4. The van der Waals surface area contributed by atoms with Gasteiger partial charge in [-0.15, -0.1) is 11.3 Å². The van der Waals surface area contributed by atoms with E-state index in [2.05, 4.69) is 10.3 Å². The van der Waals surface area contributed by atoms with Crippen molar-refractivity contribution >= 4 is 17.2 Å². The summed E-state index contributed by atoms with van der Waals surface area (Å²) in [6, 6.07) is 4.86. The fourth-order valence-corrected chi connectivity index (χ4v) is 3.00. The van der Waals surface area contributed by atoms with Gasteiger partial charge in [0.2, 0.25) is 5.91 Å². The van der Waals surface area contributed by atoms with E-state index < -0.39 is 11.7 Å². The van der Waals surface area contributed by atoms with Crippen molar-refractivity contribution in [1.82, 2.24) is 15.2 Å². The van der Waals surface area contributed by atoms with Crippen molar-refractivity contribution in [2.75, 3.05) is 27.2 Å². The second-order valence-electron chi connectivity index (χ2n) is 5.90. The van der Waals surface area contributed by atoms with Crippen LogP contribution in [0.15, 0.2) is 29.6 Å². The van der Waals surface area contributed by atoms with Crippen molar-refractivity contribution in [1.29, 1.82) is 0 Å². The quantitative estimate of drug-likeness (QED) is 0.759. The number of benzene rings is 1. The summed E-state index contributed by atoms with van der Waals surface area (Å²) in [6.45, 7) is 1.50. The minimum Gasteiger partial charge on any atom is -0.356 e. The van der Waals surface area contributed by atoms with Crippen LogP contribution in [0.25, 0.3) is 10.6 Å². The lowest BCUT2D eigenvalue weighted by Gasteiger charge is -2.09. The Kier molecular flexibility index (Phi) is 6.55. The normalized spacial score (nSPS) is 11.8. The number of carbonyl (C=O) groups is 1. The van der Waals surface area contributed by atoms with Crippen LogP contribution < -0.4 is 5.32 Å². The Bertz CT molecular complexity index is 696. The molecule has 0 atom stereocenters. The number of aromatic nitrogens is 1. The summed E-state index contributed by atoms with van der Waals surface area (Å²) in [5, 5.41) is 5.19. The highest BCUT2D eigenvalue weighted by Crippen LogP contribution is 2.31. The van der Waals surface area contributed by atoms with Crippen LogP contribution in [0.2, 0.25) is 0 Å². The molecule has 0 aliphatic rings. The number of hydrogen-bond donors (Lipinski definition) is 1. The molecule has 0 spiro atoms. The van der Waals surface area contributed by atoms with Crippen molar-refractivity contribution in [2.45, 2.75) is 19.0 Å². The minimum atomic E-state index is -4.35. The first kappa shape index (κ1) is 19.4. The molecular weight excluding hydrogens is 351 g/mol. The second-order valence-corrected chi connectivity index (χ2v) is 6.76. The second kappa shape index (κ2) is 8.44. The highest BCUT2D eigenvalue weighted by atomic mass is 32.1. The maximum absolute atomic E-state index is 12.6. The van der Waals surface area contributed by atoms with E-state index in [1.165, 1.54) is 23.5 Å². The first-order valence-corrected chi connectivity index (χ1v) is 8.67. The number of thiazole rings is 1. The lowest BCUT2D eigenvalue weighted by atomic mass is 10.1. The molecule has 1 heterocycles. The Balaban J connectivity index is 1.90. The molecule has 8 heteroatoms. The SMILES string of the molecule is CN(C)CCCNC(=O)Cc1csc(-c2ccc(C(F)(F)F)cc2)n1. The third-order valence-electron chi connectivity index (χ3n) is 3.46. The molecule has 0 saturated carbocycles. The van der Waals surface area contributed by atoms with Crippen molar-refractivity contribution in [2.24, 2.45) is 0 Å². The van der Waals surface area contributed by atoms with Crippen LogP contribution in [-0.2, 0) is 17.4 Å². The van der Waals surface area contributed by atoms with Gasteiger partial charge in [0.05, 0.1) is 17.7 Å². The first-order valence-electron chi connectivity index (χ1n) is 7.79. The van der Waals surface area contributed by atoms with Crippen LogP contribution >= 0.6 is 11.3 Å². The Morgan fingerprint density at radius 2 is 1.92 bits per heavy atom. The zero-order valence-corrected chi connectivity index (χ0v) is 14.9. The average molecular weight is 371 g/mol. The Labute approximate surface area is 148 Å². The lowest BCUT2D eigenvalue weighted by Crippen LogP contribution is -2.28. The van der Waals surface area contributed by atoms with Crippen LogP contribution in [0, 0.1) is 0 Å². The number of rotatable bonds is 7. The van der Waals surface area contributed by atoms with Gasteiger partial charge in [0.25, 0.3) is 0 Å². The van der Waals surface area contributed by atoms with Gasteiger partial charge in [-0.3, -0.25) is 4.79 Å². The zero-order valence-electron chi connectivity index (χ0n) is 14.1. The fraction of sp³-hybridized carbons (Fsp3) is 0.412. The van der Waals surface area contributed by atoms with E-state index in [1.54, 1.807) is 5.38 Å². The van der Waals surface area contributed by atoms with E-state index in [4.69, 9.17) is 0 Å². The summed E-state index contributed by atoms with van der Waals surface area (Å²) in [6.07, 6.45) is -3.32. The van der Waals surface area contributed by atoms with E-state index in [-0.39, 0.29) is 12.3 Å². The molecule has 0 aliphatic heterocycles. The van der Waals surface area contributed by atoms with Gasteiger partial charge in [-0.05, 0) is 39.2 Å². The van der Waals surface area contributed by atoms with Crippen molar-refractivity contribution in [3.05, 3.63) is 40.9 Å². The van der Waals surface area contributed by atoms with Gasteiger partial charge >= 0.3 is 6.18 Å². The van der Waals surface area contributed by atoms with Gasteiger partial charge in [0.1, 0.15) is 5.01 Å². The molecule has 136 valence electrons. The maximum Gasteiger partial charge on any atom is 0.416 e. The number of alkyl halides is 3. The number of halogens is 3. The van der Waals surface area contributed by atoms with Crippen LogP contribution in [0.5, 0.6) is 0 Å². The third kappa shape index (κ3) is 6.13. The molecule has 4 nitrogen and oxygen atoms in total. The van der Waals surface area contributed by atoms with E-state index in [1.807, 2.05) is 19.0 Å². The van der Waals surface area contributed by atoms with Gasteiger partial charge in [-0.25, -0.2) is 4.98 Å². The molecule has 1 amide bonds. The summed E-state index contributed by atoms with van der Waals surface area (Å²) in [5.41, 5.74) is 0.533. The van der Waals surface area contributed by atoms with Crippen LogP contribution in [0.1, 0.15) is 17.7 Å². The third-order valence-corrected chi connectivity index (χ3v) is 4.40. The van der Waals surface area contributed by atoms with E-state index in [9.17, 15) is 18.0 Å². The molecule has 0 saturated heterocycles. The smallest absolute Gasteiger partial charge is 0.356 e. The lowest BCUT2D eigenvalue weighted by molar-refractivity contribution is -0.137. The molecule has 0 bridgehead atoms. The Morgan fingerprint density at radius 1 is 1.24 bits per heavy atom. The van der Waals surface area contributed by atoms with E-state index in [0.717, 1.165) is 25.1 Å². The summed E-state index contributed by atoms with van der Waals surface area (Å²) >= 11 is 1.31. The molecule has 0 unspecified atom stereocenters. The minimum absolute atomic E-state index is 0.108. The first-order chi connectivity index (χ1) is 11.8. The highest BCUT2D eigenvalue weighted by molar-refractivity contribution is 7.13. The van der Waals surface area contributed by atoms with Crippen molar-refractivity contribution in [3.63, 3.8) is 0 Å². The van der Waals surface area contributed by atoms with Gasteiger partial charge < -0.3 is 10.2 Å². The predicted octanol–water partition coefficient (Wildman–Crippen LogP) is 3.44. The van der Waals surface area contributed by atoms with Gasteiger partial charge in [0, 0.05) is 17.5 Å². The van der Waals surface area contributed by atoms with Crippen molar-refractivity contribution < 1.29 is 18.0 Å². The number of nitrogens with zero attached hydrogens (tertiary/aromatic N) is 2. The zero-order chi connectivity index (χ0) is 18.4. The monoisotopic (exact) mass is 371 g/mol. The van der Waals surface area contributed by atoms with Crippen molar-refractivity contribution in [3.8, 4) is 10.6 Å². The molecule has 2 aromatic rings. The van der Waals surface area contributed by atoms with E-state index >= 15 is 0 Å². The average Bonchev–Trinajstić information content (AvgIpc) is 2.99. The summed E-state index contributed by atoms with van der Waals surface area (Å²) in [7, 11) is 3.94. The van der Waals surface area contributed by atoms with Crippen LogP contribution in [-0.4, -0.2) is 43.0 Å². The molecule has 0 fully saturated rings. The van der Waals surface area contributed by atoms with E-state index in [0.29, 0.717) is 22.8 Å². The van der Waals surface area contributed by atoms with Gasteiger partial charge in [-0.1, -0.05) is 12.1 Å².